The van der Waals surface area contributed by atoms with E-state index in [-0.39, 0.29) is 5.75 Å². The van der Waals surface area contributed by atoms with Gasteiger partial charge < -0.3 is 4.74 Å². The Labute approximate surface area is 106 Å². The van der Waals surface area contributed by atoms with Crippen LogP contribution < -0.4 is 4.74 Å². The van der Waals surface area contributed by atoms with E-state index in [9.17, 15) is 13.2 Å². The zero-order valence-electron chi connectivity index (χ0n) is 11.1. The van der Waals surface area contributed by atoms with Crippen LogP contribution in [0.25, 0.3) is 0 Å². The topological polar surface area (TPSA) is 9.23 Å². The molecule has 0 unspecified atom stereocenters. The van der Waals surface area contributed by atoms with E-state index < -0.39 is 6.36 Å². The standard InChI is InChI=1S/C14H19F3O/c1-9(2)7-11-8-12(18-14(15,16)17)5-6-13(11)10(3)4/h5-6,8-10H,7H2,1-4H3. The van der Waals surface area contributed by atoms with Gasteiger partial charge in [-0.25, -0.2) is 0 Å². The van der Waals surface area contributed by atoms with Gasteiger partial charge in [0.25, 0.3) is 0 Å². The van der Waals surface area contributed by atoms with Crippen molar-refractivity contribution in [2.75, 3.05) is 0 Å². The molecule has 4 heteroatoms. The van der Waals surface area contributed by atoms with Crippen molar-refractivity contribution in [2.24, 2.45) is 5.92 Å². The van der Waals surface area contributed by atoms with Crippen LogP contribution in [0.3, 0.4) is 0 Å². The Morgan fingerprint density at radius 3 is 2.17 bits per heavy atom. The van der Waals surface area contributed by atoms with Gasteiger partial charge >= 0.3 is 6.36 Å². The Bertz CT molecular complexity index is 395. The highest BCUT2D eigenvalue weighted by Crippen LogP contribution is 2.29. The Kier molecular flexibility index (Phi) is 4.65. The number of hydrogen-bond donors (Lipinski definition) is 0. The second-order valence-corrected chi connectivity index (χ2v) is 5.16. The molecule has 1 nitrogen and oxygen atoms in total. The highest BCUT2D eigenvalue weighted by molar-refractivity contribution is 5.37. The van der Waals surface area contributed by atoms with E-state index in [0.29, 0.717) is 11.8 Å². The van der Waals surface area contributed by atoms with Crippen LogP contribution in [0, 0.1) is 5.92 Å². The third-order valence-corrected chi connectivity index (χ3v) is 2.60. The molecule has 0 N–H and O–H groups in total. The average Bonchev–Trinajstić information content (AvgIpc) is 2.13. The van der Waals surface area contributed by atoms with Crippen molar-refractivity contribution in [3.05, 3.63) is 29.3 Å². The Morgan fingerprint density at radius 2 is 1.72 bits per heavy atom. The summed E-state index contributed by atoms with van der Waals surface area (Å²) in [6.45, 7) is 8.15. The van der Waals surface area contributed by atoms with E-state index in [1.165, 1.54) is 12.1 Å². The maximum atomic E-state index is 12.2. The molecule has 1 aromatic rings. The summed E-state index contributed by atoms with van der Waals surface area (Å²) in [5.74, 6) is 0.546. The first-order chi connectivity index (χ1) is 8.19. The molecule has 0 heterocycles. The van der Waals surface area contributed by atoms with Gasteiger partial charge in [-0.05, 0) is 41.5 Å². The maximum Gasteiger partial charge on any atom is 0.573 e. The van der Waals surface area contributed by atoms with Crippen molar-refractivity contribution in [3.63, 3.8) is 0 Å². The van der Waals surface area contributed by atoms with Crippen LogP contribution in [-0.4, -0.2) is 6.36 Å². The average molecular weight is 260 g/mol. The molecule has 1 rings (SSSR count). The minimum absolute atomic E-state index is 0.137. The first-order valence-electron chi connectivity index (χ1n) is 6.07. The number of hydrogen-bond acceptors (Lipinski definition) is 1. The highest BCUT2D eigenvalue weighted by atomic mass is 19.4. The van der Waals surface area contributed by atoms with Crippen molar-refractivity contribution < 1.29 is 17.9 Å². The normalized spacial score (nSPS) is 12.3. The van der Waals surface area contributed by atoms with E-state index in [1.54, 1.807) is 6.07 Å². The molecule has 18 heavy (non-hydrogen) atoms. The third kappa shape index (κ3) is 4.59. The van der Waals surface area contributed by atoms with E-state index in [1.807, 2.05) is 27.7 Å². The van der Waals surface area contributed by atoms with Crippen molar-refractivity contribution in [3.8, 4) is 5.75 Å². The van der Waals surface area contributed by atoms with Gasteiger partial charge in [0, 0.05) is 0 Å². The molecule has 0 bridgehead atoms. The first-order valence-corrected chi connectivity index (χ1v) is 6.07. The third-order valence-electron chi connectivity index (χ3n) is 2.60. The van der Waals surface area contributed by atoms with Crippen LogP contribution in [0.2, 0.25) is 0 Å². The second-order valence-electron chi connectivity index (χ2n) is 5.16. The van der Waals surface area contributed by atoms with E-state index in [0.717, 1.165) is 17.5 Å². The summed E-state index contributed by atoms with van der Waals surface area (Å²) < 4.78 is 40.5. The maximum absolute atomic E-state index is 12.2. The molecule has 0 saturated carbocycles. The lowest BCUT2D eigenvalue weighted by molar-refractivity contribution is -0.274. The molecule has 0 aliphatic rings. The molecule has 0 radical (unpaired) electrons. The van der Waals surface area contributed by atoms with Gasteiger partial charge in [0.2, 0.25) is 0 Å². The minimum Gasteiger partial charge on any atom is -0.406 e. The lowest BCUT2D eigenvalue weighted by Gasteiger charge is -2.17. The molecule has 0 atom stereocenters. The van der Waals surface area contributed by atoms with Gasteiger partial charge in [-0.2, -0.15) is 0 Å². The monoisotopic (exact) mass is 260 g/mol. The Balaban J connectivity index is 3.05. The fourth-order valence-electron chi connectivity index (χ4n) is 1.96. The van der Waals surface area contributed by atoms with Crippen molar-refractivity contribution in [1.82, 2.24) is 0 Å². The lowest BCUT2D eigenvalue weighted by atomic mass is 9.92. The van der Waals surface area contributed by atoms with Gasteiger partial charge in [-0.15, -0.1) is 13.2 Å². The van der Waals surface area contributed by atoms with Gasteiger partial charge in [0.1, 0.15) is 5.75 Å². The molecule has 0 aromatic heterocycles. The van der Waals surface area contributed by atoms with Crippen molar-refractivity contribution >= 4 is 0 Å². The van der Waals surface area contributed by atoms with Crippen LogP contribution in [-0.2, 0) is 6.42 Å². The summed E-state index contributed by atoms with van der Waals surface area (Å²) >= 11 is 0. The van der Waals surface area contributed by atoms with Gasteiger partial charge in [0.15, 0.2) is 0 Å². The van der Waals surface area contributed by atoms with E-state index >= 15 is 0 Å². The zero-order valence-corrected chi connectivity index (χ0v) is 11.1. The summed E-state index contributed by atoms with van der Waals surface area (Å²) in [5.41, 5.74) is 2.01. The quantitative estimate of drug-likeness (QED) is 0.747. The van der Waals surface area contributed by atoms with Gasteiger partial charge in [-0.3, -0.25) is 0 Å². The fraction of sp³-hybridized carbons (Fsp3) is 0.571. The van der Waals surface area contributed by atoms with Crippen LogP contribution >= 0.6 is 0 Å². The van der Waals surface area contributed by atoms with Crippen molar-refractivity contribution in [1.29, 1.82) is 0 Å². The summed E-state index contributed by atoms with van der Waals surface area (Å²) in [7, 11) is 0. The first kappa shape index (κ1) is 14.9. The van der Waals surface area contributed by atoms with E-state index in [2.05, 4.69) is 4.74 Å². The number of rotatable bonds is 4. The minimum atomic E-state index is -4.63. The van der Waals surface area contributed by atoms with Crippen LogP contribution in [0.4, 0.5) is 13.2 Å². The van der Waals surface area contributed by atoms with Crippen LogP contribution in [0.1, 0.15) is 44.7 Å². The summed E-state index contributed by atoms with van der Waals surface area (Å²) in [6.07, 6.45) is -3.88. The molecule has 0 saturated heterocycles. The molecular weight excluding hydrogens is 241 g/mol. The largest absolute Gasteiger partial charge is 0.573 e. The highest BCUT2D eigenvalue weighted by Gasteiger charge is 2.31. The molecule has 0 fully saturated rings. The Morgan fingerprint density at radius 1 is 1.11 bits per heavy atom. The molecule has 0 aliphatic carbocycles. The van der Waals surface area contributed by atoms with E-state index in [4.69, 9.17) is 0 Å². The molecular formula is C14H19F3O. The molecule has 0 spiro atoms. The molecule has 102 valence electrons. The lowest BCUT2D eigenvalue weighted by Crippen LogP contribution is -2.17. The summed E-state index contributed by atoms with van der Waals surface area (Å²) in [4.78, 5) is 0. The predicted octanol–water partition coefficient (Wildman–Crippen LogP) is 4.91. The van der Waals surface area contributed by atoms with Gasteiger partial charge in [-0.1, -0.05) is 33.8 Å². The second kappa shape index (κ2) is 5.63. The number of ether oxygens (including phenoxy) is 1. The summed E-state index contributed by atoms with van der Waals surface area (Å²) in [6, 6.07) is 4.61. The fourth-order valence-corrected chi connectivity index (χ4v) is 1.96. The van der Waals surface area contributed by atoms with Crippen LogP contribution in [0.5, 0.6) is 5.75 Å². The summed E-state index contributed by atoms with van der Waals surface area (Å²) in [5, 5.41) is 0. The Hall–Kier alpha value is -1.19. The van der Waals surface area contributed by atoms with Crippen LogP contribution in [0.15, 0.2) is 18.2 Å². The predicted molar refractivity (Wildman–Crippen MR) is 65.8 cm³/mol. The SMILES string of the molecule is CC(C)Cc1cc(OC(F)(F)F)ccc1C(C)C. The number of halogens is 3. The number of alkyl halides is 3. The molecule has 0 amide bonds. The number of benzene rings is 1. The zero-order chi connectivity index (χ0) is 13.9. The van der Waals surface area contributed by atoms with Gasteiger partial charge in [0.05, 0.1) is 0 Å². The smallest absolute Gasteiger partial charge is 0.406 e. The molecule has 0 aliphatic heterocycles. The molecule has 1 aromatic carbocycles. The van der Waals surface area contributed by atoms with Crippen molar-refractivity contribution in [2.45, 2.75) is 46.4 Å².